The monoisotopic (exact) mass is 476 g/mol. The Kier molecular flexibility index (Phi) is 7.55. The molecule has 33 heavy (non-hydrogen) atoms. The average Bonchev–Trinajstić information content (AvgIpc) is 3.20. The number of aromatic nitrogens is 4. The zero-order chi connectivity index (χ0) is 24.0. The summed E-state index contributed by atoms with van der Waals surface area (Å²) in [6.07, 6.45) is -4.61. The fraction of sp³-hybridized carbons (Fsp3) is 0.286. The molecule has 0 aliphatic heterocycles. The lowest BCUT2D eigenvalue weighted by Gasteiger charge is -2.22. The van der Waals surface area contributed by atoms with Gasteiger partial charge >= 0.3 is 6.36 Å². The second kappa shape index (κ2) is 10.4. The fourth-order valence-electron chi connectivity index (χ4n) is 3.09. The summed E-state index contributed by atoms with van der Waals surface area (Å²) in [5.41, 5.74) is 3.09. The van der Waals surface area contributed by atoms with Crippen LogP contribution < -0.4 is 9.64 Å². The summed E-state index contributed by atoms with van der Waals surface area (Å²) in [5.74, 6) is -0.609. The van der Waals surface area contributed by atoms with Crippen molar-refractivity contribution in [2.45, 2.75) is 31.8 Å². The van der Waals surface area contributed by atoms with Crippen molar-refractivity contribution in [2.75, 3.05) is 17.2 Å². The molecule has 172 valence electrons. The molecule has 3 rings (SSSR count). The number of hydrogen-bond acceptors (Lipinski definition) is 7. The number of ether oxygens (including phenoxy) is 1. The zero-order valence-electron chi connectivity index (χ0n) is 17.7. The number of hydrogen-bond donors (Lipinski definition) is 0. The number of tetrazole rings is 1. The van der Waals surface area contributed by atoms with E-state index >= 15 is 0 Å². The van der Waals surface area contributed by atoms with Crippen LogP contribution in [0.3, 0.4) is 0 Å². The molecule has 0 aliphatic rings. The van der Waals surface area contributed by atoms with Crippen LogP contribution in [0.1, 0.15) is 17.5 Å². The minimum Gasteiger partial charge on any atom is -0.406 e. The predicted octanol–water partition coefficient (Wildman–Crippen LogP) is 4.22. The maximum Gasteiger partial charge on any atom is 0.573 e. The lowest BCUT2D eigenvalue weighted by molar-refractivity contribution is -0.274. The second-order valence-electron chi connectivity index (χ2n) is 7.00. The van der Waals surface area contributed by atoms with Gasteiger partial charge in [-0.2, -0.15) is 9.94 Å². The molecule has 0 aliphatic carbocycles. The number of aryl methyl sites for hydroxylation is 2. The first kappa shape index (κ1) is 24.1. The van der Waals surface area contributed by atoms with Gasteiger partial charge in [-0.1, -0.05) is 17.8 Å². The van der Waals surface area contributed by atoms with E-state index in [1.807, 2.05) is 32.0 Å². The van der Waals surface area contributed by atoms with E-state index in [9.17, 15) is 18.0 Å². The molecule has 0 spiro atoms. The Balaban J connectivity index is 1.73. The number of carbonyl (C=O) groups excluding carboxylic acids is 1. The molecule has 8 nitrogen and oxygen atoms in total. The van der Waals surface area contributed by atoms with Crippen molar-refractivity contribution in [3.05, 3.63) is 53.6 Å². The number of nitrogens with zero attached hydrogens (tertiary/aromatic N) is 6. The van der Waals surface area contributed by atoms with Gasteiger partial charge in [0.1, 0.15) is 5.75 Å². The molecule has 0 radical (unpaired) electrons. The summed E-state index contributed by atoms with van der Waals surface area (Å²) in [6, 6.07) is 12.8. The summed E-state index contributed by atoms with van der Waals surface area (Å²) in [4.78, 5) is 14.5. The Morgan fingerprint density at radius 2 is 1.85 bits per heavy atom. The number of thioether (sulfide) groups is 1. The Bertz CT molecular complexity index is 1140. The van der Waals surface area contributed by atoms with Gasteiger partial charge in [-0.15, -0.1) is 18.3 Å². The molecule has 1 amide bonds. The molecule has 0 N–H and O–H groups in total. The number of alkyl halides is 3. The van der Waals surface area contributed by atoms with E-state index in [0.717, 1.165) is 35.0 Å². The Morgan fingerprint density at radius 1 is 1.18 bits per heavy atom. The van der Waals surface area contributed by atoms with E-state index in [2.05, 4.69) is 26.3 Å². The van der Waals surface area contributed by atoms with Crippen LogP contribution >= 0.6 is 11.8 Å². The van der Waals surface area contributed by atoms with Crippen LogP contribution in [0, 0.1) is 25.2 Å². The van der Waals surface area contributed by atoms with Crippen molar-refractivity contribution in [1.29, 1.82) is 5.26 Å². The van der Waals surface area contributed by atoms with E-state index in [4.69, 9.17) is 5.26 Å². The maximum atomic E-state index is 13.0. The molecule has 12 heteroatoms. The predicted molar refractivity (Wildman–Crippen MR) is 115 cm³/mol. The third kappa shape index (κ3) is 6.69. The molecule has 1 heterocycles. The highest BCUT2D eigenvalue weighted by Gasteiger charge is 2.31. The third-order valence-electron chi connectivity index (χ3n) is 4.35. The summed E-state index contributed by atoms with van der Waals surface area (Å²) in [5, 5.41) is 20.6. The van der Waals surface area contributed by atoms with E-state index in [-0.39, 0.29) is 35.5 Å². The maximum absolute atomic E-state index is 13.0. The minimum absolute atomic E-state index is 0.00589. The van der Waals surface area contributed by atoms with Crippen LogP contribution in [0.2, 0.25) is 0 Å². The molecule has 2 aromatic carbocycles. The summed E-state index contributed by atoms with van der Waals surface area (Å²) in [6.45, 7) is 4.10. The topological polar surface area (TPSA) is 96.9 Å². The van der Waals surface area contributed by atoms with Gasteiger partial charge in [0.25, 0.3) is 0 Å². The smallest absolute Gasteiger partial charge is 0.406 e. The number of halogens is 3. The number of amides is 1. The third-order valence-corrected chi connectivity index (χ3v) is 5.25. The van der Waals surface area contributed by atoms with Crippen molar-refractivity contribution in [3.8, 4) is 17.5 Å². The molecule has 0 bridgehead atoms. The van der Waals surface area contributed by atoms with Gasteiger partial charge in [-0.05, 0) is 71.8 Å². The first-order valence-corrected chi connectivity index (χ1v) is 10.7. The van der Waals surface area contributed by atoms with Crippen molar-refractivity contribution >= 4 is 23.4 Å². The van der Waals surface area contributed by atoms with Crippen LogP contribution in [-0.2, 0) is 4.79 Å². The first-order valence-electron chi connectivity index (χ1n) is 9.69. The highest BCUT2D eigenvalue weighted by atomic mass is 32.2. The van der Waals surface area contributed by atoms with Crippen LogP contribution in [0.15, 0.2) is 47.6 Å². The average molecular weight is 476 g/mol. The minimum atomic E-state index is -4.79. The SMILES string of the molecule is Cc1cc(C)cc(N(CCC#N)C(=O)CSc2nnnn2-c2ccc(OC(F)(F)F)cc2)c1. The van der Waals surface area contributed by atoms with Gasteiger partial charge in [-0.3, -0.25) is 4.79 Å². The summed E-state index contributed by atoms with van der Waals surface area (Å²) >= 11 is 1.08. The molecule has 0 atom stereocenters. The summed E-state index contributed by atoms with van der Waals surface area (Å²) in [7, 11) is 0. The molecule has 3 aromatic rings. The molecule has 0 saturated carbocycles. The Hall–Kier alpha value is -3.59. The number of anilines is 1. The highest BCUT2D eigenvalue weighted by molar-refractivity contribution is 7.99. The van der Waals surface area contributed by atoms with Gasteiger partial charge < -0.3 is 9.64 Å². The van der Waals surface area contributed by atoms with Crippen molar-refractivity contribution in [2.24, 2.45) is 0 Å². The molecule has 0 saturated heterocycles. The van der Waals surface area contributed by atoms with Crippen LogP contribution in [0.4, 0.5) is 18.9 Å². The zero-order valence-corrected chi connectivity index (χ0v) is 18.5. The Morgan fingerprint density at radius 3 is 2.45 bits per heavy atom. The normalized spacial score (nSPS) is 11.2. The van der Waals surface area contributed by atoms with Gasteiger partial charge in [0.2, 0.25) is 11.1 Å². The van der Waals surface area contributed by atoms with Crippen LogP contribution in [-0.4, -0.2) is 44.8 Å². The van der Waals surface area contributed by atoms with E-state index in [1.54, 1.807) is 4.90 Å². The molecule has 0 fully saturated rings. The van der Waals surface area contributed by atoms with Crippen LogP contribution in [0.5, 0.6) is 5.75 Å². The largest absolute Gasteiger partial charge is 0.573 e. The number of benzene rings is 2. The van der Waals surface area contributed by atoms with Gasteiger partial charge in [0.05, 0.1) is 23.9 Å². The van der Waals surface area contributed by atoms with Crippen LogP contribution in [0.25, 0.3) is 5.69 Å². The molecule has 0 unspecified atom stereocenters. The number of carbonyl (C=O) groups is 1. The second-order valence-corrected chi connectivity index (χ2v) is 7.95. The summed E-state index contributed by atoms with van der Waals surface area (Å²) < 4.78 is 42.2. The number of rotatable bonds is 8. The lowest BCUT2D eigenvalue weighted by Crippen LogP contribution is -2.33. The van der Waals surface area contributed by atoms with Gasteiger partial charge in [0, 0.05) is 12.2 Å². The van der Waals surface area contributed by atoms with Gasteiger partial charge in [0.15, 0.2) is 0 Å². The van der Waals surface area contributed by atoms with Crippen molar-refractivity contribution in [1.82, 2.24) is 20.2 Å². The standard InChI is InChI=1S/C21H19F3N6O2S/c1-14-10-15(2)12-17(11-14)29(9-3-8-25)19(31)13-33-20-26-27-28-30(20)16-4-6-18(7-5-16)32-21(22,23)24/h4-7,10-12H,3,9,13H2,1-2H3. The quantitative estimate of drug-likeness (QED) is 0.449. The molecular formula is C21H19F3N6O2S. The highest BCUT2D eigenvalue weighted by Crippen LogP contribution is 2.26. The fourth-order valence-corrected chi connectivity index (χ4v) is 3.86. The first-order chi connectivity index (χ1) is 15.7. The Labute approximate surface area is 191 Å². The van der Waals surface area contributed by atoms with E-state index in [0.29, 0.717) is 11.4 Å². The van der Waals surface area contributed by atoms with Gasteiger partial charge in [-0.25, -0.2) is 0 Å². The lowest BCUT2D eigenvalue weighted by atomic mass is 10.1. The van der Waals surface area contributed by atoms with E-state index in [1.165, 1.54) is 16.8 Å². The molecule has 1 aromatic heterocycles. The number of nitriles is 1. The van der Waals surface area contributed by atoms with Crippen molar-refractivity contribution in [3.63, 3.8) is 0 Å². The van der Waals surface area contributed by atoms with E-state index < -0.39 is 6.36 Å². The molecular weight excluding hydrogens is 457 g/mol. The van der Waals surface area contributed by atoms with Crippen molar-refractivity contribution < 1.29 is 22.7 Å².